The largest absolute Gasteiger partial charge is 0.481 e. The van der Waals surface area contributed by atoms with Gasteiger partial charge in [-0.15, -0.1) is 0 Å². The van der Waals surface area contributed by atoms with Crippen molar-refractivity contribution in [1.82, 2.24) is 0 Å². The quantitative estimate of drug-likeness (QED) is 0.393. The summed E-state index contributed by atoms with van der Waals surface area (Å²) in [6.45, 7) is 0. The van der Waals surface area contributed by atoms with Gasteiger partial charge in [-0.25, -0.2) is 0 Å². The molecule has 1 aliphatic carbocycles. The number of unbranched alkanes of at least 4 members (excludes halogenated alkanes) is 1. The van der Waals surface area contributed by atoms with Crippen LogP contribution in [0.3, 0.4) is 0 Å². The smallest absolute Gasteiger partial charge is 0.303 e. The van der Waals surface area contributed by atoms with Crippen molar-refractivity contribution >= 4 is 29.5 Å². The Morgan fingerprint density at radius 3 is 2.58 bits per heavy atom. The molecule has 4 atom stereocenters. The van der Waals surface area contributed by atoms with Gasteiger partial charge in [-0.3, -0.25) is 4.79 Å². The minimum absolute atomic E-state index is 0.301. The molecule has 2 aliphatic heterocycles. The van der Waals surface area contributed by atoms with Crippen LogP contribution < -0.4 is 0 Å². The number of hydrogen-bond donors (Lipinski definition) is 1. The number of thioether (sulfide) groups is 2. The first-order chi connectivity index (χ1) is 11.7. The number of carbonyl (C=O) groups is 1. The zero-order valence-corrected chi connectivity index (χ0v) is 16.3. The van der Waals surface area contributed by atoms with Crippen LogP contribution >= 0.6 is 23.5 Å². The molecule has 3 aliphatic rings. The summed E-state index contributed by atoms with van der Waals surface area (Å²) in [5.41, 5.74) is 0. The molecule has 2 heterocycles. The highest BCUT2D eigenvalue weighted by Crippen LogP contribution is 2.55. The van der Waals surface area contributed by atoms with E-state index in [1.807, 2.05) is 0 Å². The third-order valence-electron chi connectivity index (χ3n) is 6.03. The van der Waals surface area contributed by atoms with Crippen molar-refractivity contribution in [2.45, 2.75) is 86.4 Å². The maximum atomic E-state index is 10.5. The van der Waals surface area contributed by atoms with Crippen molar-refractivity contribution in [1.29, 1.82) is 0 Å². The van der Waals surface area contributed by atoms with E-state index in [1.54, 1.807) is 0 Å². The van der Waals surface area contributed by atoms with Crippen molar-refractivity contribution < 1.29 is 9.90 Å². The molecule has 2 nitrogen and oxygen atoms in total. The predicted molar refractivity (Wildman–Crippen MR) is 106 cm³/mol. The zero-order valence-electron chi connectivity index (χ0n) is 14.7. The Kier molecular flexibility index (Phi) is 7.45. The number of hydrogen-bond acceptors (Lipinski definition) is 3. The summed E-state index contributed by atoms with van der Waals surface area (Å²) < 4.78 is 0. The van der Waals surface area contributed by atoms with Gasteiger partial charge >= 0.3 is 5.97 Å². The van der Waals surface area contributed by atoms with Crippen LogP contribution in [-0.4, -0.2) is 32.6 Å². The van der Waals surface area contributed by atoms with Crippen molar-refractivity contribution in [3.63, 3.8) is 0 Å². The lowest BCUT2D eigenvalue weighted by Gasteiger charge is -2.29. The van der Waals surface area contributed by atoms with Crippen LogP contribution in [0, 0.1) is 11.8 Å². The van der Waals surface area contributed by atoms with Gasteiger partial charge in [0, 0.05) is 22.2 Å². The van der Waals surface area contributed by atoms with E-state index < -0.39 is 5.97 Å². The number of allylic oxidation sites excluding steroid dienone is 2. The molecular weight excluding hydrogens is 336 g/mol. The summed E-state index contributed by atoms with van der Waals surface area (Å²) in [6.07, 6.45) is 17.9. The van der Waals surface area contributed by atoms with Gasteiger partial charge in [0.05, 0.1) is 0 Å². The molecule has 0 amide bonds. The highest BCUT2D eigenvalue weighted by atomic mass is 32.2. The number of carboxylic acids is 1. The molecule has 1 N–H and O–H groups in total. The highest BCUT2D eigenvalue weighted by molar-refractivity contribution is 8.01. The van der Waals surface area contributed by atoms with Crippen LogP contribution in [0.1, 0.15) is 70.6 Å². The van der Waals surface area contributed by atoms with Gasteiger partial charge in [0.15, 0.2) is 0 Å². The van der Waals surface area contributed by atoms with Gasteiger partial charge in [-0.05, 0) is 69.0 Å². The predicted octanol–water partition coefficient (Wildman–Crippen LogP) is 5.76. The number of aliphatic carboxylic acids is 1. The minimum atomic E-state index is -0.673. The van der Waals surface area contributed by atoms with Crippen molar-refractivity contribution in [3.8, 4) is 0 Å². The first-order valence-corrected chi connectivity index (χ1v) is 11.9. The molecule has 0 aromatic carbocycles. The van der Waals surface area contributed by atoms with Gasteiger partial charge < -0.3 is 5.11 Å². The summed E-state index contributed by atoms with van der Waals surface area (Å²) in [5, 5.41) is 11.5. The lowest BCUT2D eigenvalue weighted by Crippen LogP contribution is -2.27. The summed E-state index contributed by atoms with van der Waals surface area (Å²) >= 11 is 4.54. The summed E-state index contributed by atoms with van der Waals surface area (Å²) in [6, 6.07) is 0. The molecule has 3 rings (SSSR count). The number of rotatable bonds is 10. The van der Waals surface area contributed by atoms with Crippen LogP contribution in [0.4, 0.5) is 0 Å². The van der Waals surface area contributed by atoms with Gasteiger partial charge in [-0.2, -0.15) is 23.5 Å². The molecule has 0 unspecified atom stereocenters. The molecule has 4 heteroatoms. The second-order valence-corrected chi connectivity index (χ2v) is 10.6. The lowest BCUT2D eigenvalue weighted by molar-refractivity contribution is -0.137. The Balaban J connectivity index is 1.39. The molecular formula is C20H32O2S2. The SMILES string of the molecule is O=C(O)CCC/C=C\C[C@@H]1[C@H](CCSC2CCCC2)[C@@H]2CC[C@H]1S2. The molecule has 0 aromatic heterocycles. The van der Waals surface area contributed by atoms with Crippen LogP contribution in [0.15, 0.2) is 12.2 Å². The number of fused-ring (bicyclic) bond motifs is 2. The van der Waals surface area contributed by atoms with E-state index in [0.29, 0.717) is 6.42 Å². The standard InChI is InChI=1S/C20H32O2S2/c21-20(22)10-4-2-1-3-9-16-17(19-12-11-18(16)24-19)13-14-23-15-7-5-6-8-15/h1,3,15-19H,2,4-14H2,(H,21,22)/b3-1-/t16-,17+,18-,19+/m1/s1. The van der Waals surface area contributed by atoms with E-state index in [0.717, 1.165) is 40.4 Å². The molecule has 3 fully saturated rings. The maximum absolute atomic E-state index is 10.5. The molecule has 1 saturated carbocycles. The molecule has 2 saturated heterocycles. The molecule has 0 spiro atoms. The van der Waals surface area contributed by atoms with Gasteiger partial charge in [-0.1, -0.05) is 25.0 Å². The van der Waals surface area contributed by atoms with E-state index in [1.165, 1.54) is 57.1 Å². The Morgan fingerprint density at radius 2 is 1.83 bits per heavy atom. The average Bonchev–Trinajstić information content (AvgIpc) is 3.28. The Bertz CT molecular complexity index is 431. The van der Waals surface area contributed by atoms with Crippen LogP contribution in [-0.2, 0) is 4.79 Å². The van der Waals surface area contributed by atoms with Gasteiger partial charge in [0.2, 0.25) is 0 Å². The monoisotopic (exact) mass is 368 g/mol. The zero-order chi connectivity index (χ0) is 16.8. The van der Waals surface area contributed by atoms with Crippen LogP contribution in [0.25, 0.3) is 0 Å². The van der Waals surface area contributed by atoms with E-state index in [2.05, 4.69) is 35.7 Å². The molecule has 0 radical (unpaired) electrons. The Labute approximate surface area is 155 Å². The fourth-order valence-corrected chi connectivity index (χ4v) is 8.22. The van der Waals surface area contributed by atoms with Crippen LogP contribution in [0.5, 0.6) is 0 Å². The van der Waals surface area contributed by atoms with E-state index in [-0.39, 0.29) is 0 Å². The van der Waals surface area contributed by atoms with Crippen molar-refractivity contribution in [3.05, 3.63) is 12.2 Å². The molecule has 2 bridgehead atoms. The summed E-state index contributed by atoms with van der Waals surface area (Å²) in [7, 11) is 0. The second-order valence-electron chi connectivity index (χ2n) is 7.68. The minimum Gasteiger partial charge on any atom is -0.481 e. The van der Waals surface area contributed by atoms with Gasteiger partial charge in [0.1, 0.15) is 0 Å². The van der Waals surface area contributed by atoms with Gasteiger partial charge in [0.25, 0.3) is 0 Å². The van der Waals surface area contributed by atoms with E-state index >= 15 is 0 Å². The van der Waals surface area contributed by atoms with Crippen LogP contribution in [0.2, 0.25) is 0 Å². The molecule has 0 aromatic rings. The fraction of sp³-hybridized carbons (Fsp3) is 0.850. The lowest BCUT2D eigenvalue weighted by atomic mass is 9.76. The summed E-state index contributed by atoms with van der Waals surface area (Å²) in [5.74, 6) is 2.52. The number of carboxylic acid groups (broad SMARTS) is 1. The van der Waals surface area contributed by atoms with E-state index in [9.17, 15) is 4.79 Å². The second kappa shape index (κ2) is 9.56. The Hall–Kier alpha value is -0.0900. The first-order valence-electron chi connectivity index (χ1n) is 9.88. The average molecular weight is 369 g/mol. The molecule has 136 valence electrons. The maximum Gasteiger partial charge on any atom is 0.303 e. The third-order valence-corrected chi connectivity index (χ3v) is 9.32. The molecule has 24 heavy (non-hydrogen) atoms. The van der Waals surface area contributed by atoms with E-state index in [4.69, 9.17) is 5.11 Å². The fourth-order valence-electron chi connectivity index (χ4n) is 4.77. The highest BCUT2D eigenvalue weighted by Gasteiger charge is 2.47. The topological polar surface area (TPSA) is 37.3 Å². The third kappa shape index (κ3) is 5.20. The van der Waals surface area contributed by atoms with Crippen molar-refractivity contribution in [2.75, 3.05) is 5.75 Å². The normalized spacial score (nSPS) is 33.0. The Morgan fingerprint density at radius 1 is 1.08 bits per heavy atom. The van der Waals surface area contributed by atoms with Crippen molar-refractivity contribution in [2.24, 2.45) is 11.8 Å². The first kappa shape index (κ1) is 18.7. The summed E-state index contributed by atoms with van der Waals surface area (Å²) in [4.78, 5) is 10.5.